The van der Waals surface area contributed by atoms with Crippen LogP contribution in [0.25, 0.3) is 0 Å². The molecule has 7 nitrogen and oxygen atoms in total. The van der Waals surface area contributed by atoms with Crippen LogP contribution in [0.15, 0.2) is 47.4 Å². The van der Waals surface area contributed by atoms with E-state index in [9.17, 15) is 22.6 Å². The fraction of sp³-hybridized carbons (Fsp3) is 0.684. The molecule has 47 heavy (non-hydrogen) atoms. The van der Waals surface area contributed by atoms with E-state index < -0.39 is 27.0 Å². The molecule has 0 atom stereocenters. The second-order valence-electron chi connectivity index (χ2n) is 12.2. The van der Waals surface area contributed by atoms with Crippen molar-refractivity contribution in [2.45, 2.75) is 160 Å². The summed E-state index contributed by atoms with van der Waals surface area (Å²) in [5.74, 6) is -1.56. The molecule has 1 rings (SSSR count). The van der Waals surface area contributed by atoms with Crippen LogP contribution < -0.4 is 29.6 Å². The van der Waals surface area contributed by atoms with Crippen molar-refractivity contribution in [1.29, 1.82) is 0 Å². The molecule has 1 aromatic rings. The van der Waals surface area contributed by atoms with Gasteiger partial charge in [0.2, 0.25) is 0 Å². The predicted octanol–water partition coefficient (Wildman–Crippen LogP) is 7.64. The molecule has 0 aliphatic carbocycles. The molecule has 0 heterocycles. The molecule has 1 aromatic carbocycles. The first-order chi connectivity index (χ1) is 22.3. The third kappa shape index (κ3) is 24.4. The van der Waals surface area contributed by atoms with E-state index in [1.807, 2.05) is 0 Å². The number of rotatable bonds is 29. The second kappa shape index (κ2) is 30.6. The standard InChI is InChI=1S/C38H62O7S.Na/c1-3-5-7-9-11-13-15-17-19-21-23-25-27-31-44-37(39)35-30-29-34(46(41,42)43)33-36(35)38(40)45-32-28-26-24-22-20-18-16-14-12-10-8-6-4-2;/h7-10,29-30,33H,3-6,11-28,31-32H2,1-2H3,(H,41,42,43);/q;+1/p-1/b9-7+,10-8+;. The van der Waals surface area contributed by atoms with Gasteiger partial charge in [0, 0.05) is 0 Å². The van der Waals surface area contributed by atoms with Gasteiger partial charge >= 0.3 is 41.5 Å². The zero-order valence-corrected chi connectivity index (χ0v) is 32.6. The molecule has 0 fully saturated rings. The molecule has 9 heteroatoms. The number of allylic oxidation sites excluding steroid dienone is 4. The number of esters is 2. The van der Waals surface area contributed by atoms with Gasteiger partial charge in [-0.25, -0.2) is 18.0 Å². The van der Waals surface area contributed by atoms with Crippen LogP contribution in [0.4, 0.5) is 0 Å². The van der Waals surface area contributed by atoms with Gasteiger partial charge in [-0.1, -0.05) is 128 Å². The minimum Gasteiger partial charge on any atom is -0.744 e. The normalized spacial score (nSPS) is 11.6. The van der Waals surface area contributed by atoms with Gasteiger partial charge in [0.1, 0.15) is 10.1 Å². The van der Waals surface area contributed by atoms with Crippen molar-refractivity contribution in [3.8, 4) is 0 Å². The molecule has 0 saturated heterocycles. The van der Waals surface area contributed by atoms with Crippen molar-refractivity contribution >= 4 is 22.1 Å². The van der Waals surface area contributed by atoms with Gasteiger partial charge in [-0.2, -0.15) is 0 Å². The Kier molecular flexibility index (Phi) is 29.7. The molecular weight excluding hydrogens is 623 g/mol. The molecule has 0 unspecified atom stereocenters. The Morgan fingerprint density at radius 3 is 1.34 bits per heavy atom. The molecule has 0 N–H and O–H groups in total. The van der Waals surface area contributed by atoms with Gasteiger partial charge in [-0.05, 0) is 69.6 Å². The maximum Gasteiger partial charge on any atom is 1.00 e. The number of carbonyl (C=O) groups excluding carboxylic acids is 2. The molecule has 0 bridgehead atoms. The number of hydrogen-bond donors (Lipinski definition) is 0. The molecule has 0 saturated carbocycles. The number of benzene rings is 1. The molecule has 0 radical (unpaired) electrons. The van der Waals surface area contributed by atoms with E-state index in [-0.39, 0.29) is 53.9 Å². The van der Waals surface area contributed by atoms with Crippen molar-refractivity contribution in [3.63, 3.8) is 0 Å². The van der Waals surface area contributed by atoms with Crippen LogP contribution in [-0.2, 0) is 19.6 Å². The number of unbranched alkanes of at least 4 members (excludes halogenated alkanes) is 18. The fourth-order valence-electron chi connectivity index (χ4n) is 5.17. The number of hydrogen-bond acceptors (Lipinski definition) is 7. The minimum absolute atomic E-state index is 0. The number of ether oxygens (including phenoxy) is 2. The molecule has 0 aliphatic heterocycles. The average Bonchev–Trinajstić information content (AvgIpc) is 3.04. The second-order valence-corrected chi connectivity index (χ2v) is 13.6. The summed E-state index contributed by atoms with van der Waals surface area (Å²) in [6.07, 6.45) is 33.6. The SMILES string of the molecule is CCC/C=C/CCCCCCCCCCOC(=O)c1ccc(S(=O)(=O)[O-])cc1C(=O)OCCCCCCCCCC/C=C/CCC.[Na+]. The summed E-state index contributed by atoms with van der Waals surface area (Å²) in [5, 5.41) is 0. The Morgan fingerprint density at radius 2 is 0.936 bits per heavy atom. The molecule has 262 valence electrons. The smallest absolute Gasteiger partial charge is 0.744 e. The summed E-state index contributed by atoms with van der Waals surface area (Å²) in [7, 11) is -4.81. The molecule has 0 aromatic heterocycles. The summed E-state index contributed by atoms with van der Waals surface area (Å²) >= 11 is 0. The molecule has 0 spiro atoms. The fourth-order valence-corrected chi connectivity index (χ4v) is 5.66. The zero-order chi connectivity index (χ0) is 33.7. The summed E-state index contributed by atoms with van der Waals surface area (Å²) in [6.45, 7) is 4.74. The summed E-state index contributed by atoms with van der Waals surface area (Å²) in [4.78, 5) is 25.0. The predicted molar refractivity (Wildman–Crippen MR) is 186 cm³/mol. The van der Waals surface area contributed by atoms with E-state index in [1.165, 1.54) is 77.0 Å². The van der Waals surface area contributed by atoms with Crippen LogP contribution in [0.2, 0.25) is 0 Å². The molecule has 0 amide bonds. The molecular formula is C38H61NaO7S. The third-order valence-corrected chi connectivity index (χ3v) is 8.79. The van der Waals surface area contributed by atoms with Crippen LogP contribution in [0.3, 0.4) is 0 Å². The average molecular weight is 685 g/mol. The first kappa shape index (κ1) is 45.6. The Hall–Kier alpha value is -1.45. The first-order valence-electron chi connectivity index (χ1n) is 18.0. The Balaban J connectivity index is 0.0000212. The van der Waals surface area contributed by atoms with Crippen LogP contribution >= 0.6 is 0 Å². The van der Waals surface area contributed by atoms with Crippen LogP contribution in [0, 0.1) is 0 Å². The summed E-state index contributed by atoms with van der Waals surface area (Å²) < 4.78 is 45.5. The Morgan fingerprint density at radius 1 is 0.574 bits per heavy atom. The van der Waals surface area contributed by atoms with Gasteiger partial charge in [-0.15, -0.1) is 0 Å². The van der Waals surface area contributed by atoms with Gasteiger partial charge in [0.25, 0.3) is 0 Å². The quantitative estimate of drug-likeness (QED) is 0.0280. The third-order valence-electron chi connectivity index (χ3n) is 7.96. The maximum atomic E-state index is 12.8. The minimum atomic E-state index is -4.81. The topological polar surface area (TPSA) is 110 Å². The van der Waals surface area contributed by atoms with Crippen molar-refractivity contribution in [2.24, 2.45) is 0 Å². The van der Waals surface area contributed by atoms with E-state index >= 15 is 0 Å². The van der Waals surface area contributed by atoms with Crippen LogP contribution in [0.1, 0.15) is 176 Å². The van der Waals surface area contributed by atoms with Gasteiger partial charge < -0.3 is 14.0 Å². The Bertz CT molecular complexity index is 1120. The Labute approximate surface area is 308 Å². The van der Waals surface area contributed by atoms with Crippen molar-refractivity contribution in [1.82, 2.24) is 0 Å². The largest absolute Gasteiger partial charge is 1.00 e. The summed E-state index contributed by atoms with van der Waals surface area (Å²) in [6, 6.07) is 3.10. The first-order valence-corrected chi connectivity index (χ1v) is 19.5. The summed E-state index contributed by atoms with van der Waals surface area (Å²) in [5.41, 5.74) is -0.352. The van der Waals surface area contributed by atoms with Gasteiger partial charge in [0.15, 0.2) is 0 Å². The van der Waals surface area contributed by atoms with E-state index in [0.29, 0.717) is 12.8 Å². The van der Waals surface area contributed by atoms with Crippen molar-refractivity contribution < 1.29 is 61.6 Å². The zero-order valence-electron chi connectivity index (χ0n) is 29.8. The van der Waals surface area contributed by atoms with Crippen LogP contribution in [-0.4, -0.2) is 38.1 Å². The van der Waals surface area contributed by atoms with E-state index in [1.54, 1.807) is 0 Å². The molecule has 0 aliphatic rings. The van der Waals surface area contributed by atoms with E-state index in [0.717, 1.165) is 69.6 Å². The van der Waals surface area contributed by atoms with Crippen molar-refractivity contribution in [3.05, 3.63) is 53.6 Å². The monoisotopic (exact) mass is 684 g/mol. The van der Waals surface area contributed by atoms with Crippen LogP contribution in [0.5, 0.6) is 0 Å². The maximum absolute atomic E-state index is 12.8. The van der Waals surface area contributed by atoms with Crippen molar-refractivity contribution in [2.75, 3.05) is 13.2 Å². The van der Waals surface area contributed by atoms with Gasteiger partial charge in [-0.3, -0.25) is 0 Å². The number of carbonyl (C=O) groups is 2. The van der Waals surface area contributed by atoms with Gasteiger partial charge in [0.05, 0.1) is 29.2 Å². The van der Waals surface area contributed by atoms with E-state index in [2.05, 4.69) is 38.2 Å². The van der Waals surface area contributed by atoms with E-state index in [4.69, 9.17) is 9.47 Å².